The Hall–Kier alpha value is -1.04. The molecule has 0 fully saturated rings. The highest BCUT2D eigenvalue weighted by Crippen LogP contribution is 2.26. The predicted octanol–water partition coefficient (Wildman–Crippen LogP) is 8.67. The monoisotopic (exact) mass is 344 g/mol. The molecular formula is C25H44. The molecule has 0 aliphatic rings. The highest BCUT2D eigenvalue weighted by molar-refractivity contribution is 5.13. The second-order valence-corrected chi connectivity index (χ2v) is 8.59. The molecule has 0 nitrogen and oxygen atoms in total. The molecule has 0 aromatic heterocycles. The van der Waals surface area contributed by atoms with Crippen LogP contribution in [0.2, 0.25) is 0 Å². The lowest BCUT2D eigenvalue weighted by Crippen LogP contribution is -2.03. The summed E-state index contributed by atoms with van der Waals surface area (Å²) in [6, 6.07) is 0. The molecule has 0 spiro atoms. The Morgan fingerprint density at radius 2 is 1.52 bits per heavy atom. The van der Waals surface area contributed by atoms with Crippen molar-refractivity contribution in [2.24, 2.45) is 17.8 Å². The SMILES string of the molecule is C=CC(=C)CCC(CC=C(C)CCCC(C)C)C(C)=CCCC(C)C. The molecule has 0 aliphatic heterocycles. The van der Waals surface area contributed by atoms with E-state index in [1.54, 1.807) is 11.1 Å². The molecule has 0 bridgehead atoms. The summed E-state index contributed by atoms with van der Waals surface area (Å²) in [5.41, 5.74) is 4.28. The van der Waals surface area contributed by atoms with Crippen molar-refractivity contribution in [2.75, 3.05) is 0 Å². The van der Waals surface area contributed by atoms with Crippen LogP contribution in [0.1, 0.15) is 92.9 Å². The van der Waals surface area contributed by atoms with Gasteiger partial charge in [-0.25, -0.2) is 0 Å². The maximum Gasteiger partial charge on any atom is -0.0168 e. The third kappa shape index (κ3) is 13.9. The van der Waals surface area contributed by atoms with E-state index in [0.717, 1.165) is 23.8 Å². The molecule has 0 radical (unpaired) electrons. The zero-order valence-electron chi connectivity index (χ0n) is 18.0. The fraction of sp³-hybridized carbons (Fsp3) is 0.680. The topological polar surface area (TPSA) is 0 Å². The summed E-state index contributed by atoms with van der Waals surface area (Å²) in [6.45, 7) is 21.8. The zero-order valence-corrected chi connectivity index (χ0v) is 18.0. The third-order valence-electron chi connectivity index (χ3n) is 5.06. The van der Waals surface area contributed by atoms with Gasteiger partial charge in [-0.2, -0.15) is 0 Å². The molecule has 1 atom stereocenters. The summed E-state index contributed by atoms with van der Waals surface area (Å²) in [5, 5.41) is 0. The molecule has 0 aromatic rings. The van der Waals surface area contributed by atoms with E-state index in [2.05, 4.69) is 66.9 Å². The van der Waals surface area contributed by atoms with Crippen molar-refractivity contribution in [1.82, 2.24) is 0 Å². The average molecular weight is 345 g/mol. The Balaban J connectivity index is 4.70. The Morgan fingerprint density at radius 1 is 0.880 bits per heavy atom. The van der Waals surface area contributed by atoms with Gasteiger partial charge in [-0.05, 0) is 76.5 Å². The fourth-order valence-corrected chi connectivity index (χ4v) is 3.04. The van der Waals surface area contributed by atoms with Crippen molar-refractivity contribution in [2.45, 2.75) is 92.9 Å². The van der Waals surface area contributed by atoms with Crippen LogP contribution in [-0.4, -0.2) is 0 Å². The van der Waals surface area contributed by atoms with Gasteiger partial charge < -0.3 is 0 Å². The van der Waals surface area contributed by atoms with Gasteiger partial charge in [0.15, 0.2) is 0 Å². The second kappa shape index (κ2) is 14.2. The third-order valence-corrected chi connectivity index (χ3v) is 5.06. The molecule has 0 amide bonds. The van der Waals surface area contributed by atoms with Crippen molar-refractivity contribution in [3.63, 3.8) is 0 Å². The van der Waals surface area contributed by atoms with Crippen molar-refractivity contribution in [3.8, 4) is 0 Å². The molecule has 0 saturated heterocycles. The normalized spacial score (nSPS) is 14.2. The lowest BCUT2D eigenvalue weighted by atomic mass is 9.88. The van der Waals surface area contributed by atoms with Gasteiger partial charge in [0, 0.05) is 0 Å². The minimum Gasteiger partial charge on any atom is -0.0988 e. The lowest BCUT2D eigenvalue weighted by Gasteiger charge is -2.18. The highest BCUT2D eigenvalue weighted by Gasteiger charge is 2.10. The largest absolute Gasteiger partial charge is 0.0988 e. The quantitative estimate of drug-likeness (QED) is 0.218. The maximum absolute atomic E-state index is 4.09. The predicted molar refractivity (Wildman–Crippen MR) is 117 cm³/mol. The van der Waals surface area contributed by atoms with E-state index < -0.39 is 0 Å². The molecular weight excluding hydrogens is 300 g/mol. The first kappa shape index (κ1) is 24.0. The van der Waals surface area contributed by atoms with Crippen LogP contribution in [0.4, 0.5) is 0 Å². The van der Waals surface area contributed by atoms with Crippen LogP contribution < -0.4 is 0 Å². The maximum atomic E-state index is 4.09. The van der Waals surface area contributed by atoms with Gasteiger partial charge >= 0.3 is 0 Å². The van der Waals surface area contributed by atoms with Gasteiger partial charge in [0.1, 0.15) is 0 Å². The van der Waals surface area contributed by atoms with Crippen molar-refractivity contribution in [1.29, 1.82) is 0 Å². The van der Waals surface area contributed by atoms with Gasteiger partial charge in [0.05, 0.1) is 0 Å². The molecule has 0 aliphatic carbocycles. The molecule has 144 valence electrons. The summed E-state index contributed by atoms with van der Waals surface area (Å²) >= 11 is 0. The minimum absolute atomic E-state index is 0.643. The molecule has 0 rings (SSSR count). The van der Waals surface area contributed by atoms with Crippen LogP contribution in [0.3, 0.4) is 0 Å². The molecule has 1 unspecified atom stereocenters. The molecule has 25 heavy (non-hydrogen) atoms. The van der Waals surface area contributed by atoms with Crippen LogP contribution in [0.25, 0.3) is 0 Å². The summed E-state index contributed by atoms with van der Waals surface area (Å²) in [6.07, 6.45) is 16.7. The van der Waals surface area contributed by atoms with Crippen molar-refractivity contribution in [3.05, 3.63) is 48.1 Å². The first-order valence-electron chi connectivity index (χ1n) is 10.4. The number of hydrogen-bond acceptors (Lipinski definition) is 0. The van der Waals surface area contributed by atoms with Gasteiger partial charge in [-0.1, -0.05) is 82.2 Å². The van der Waals surface area contributed by atoms with Crippen molar-refractivity contribution >= 4 is 0 Å². The van der Waals surface area contributed by atoms with Gasteiger partial charge in [0.2, 0.25) is 0 Å². The van der Waals surface area contributed by atoms with E-state index in [9.17, 15) is 0 Å². The summed E-state index contributed by atoms with van der Waals surface area (Å²) < 4.78 is 0. The van der Waals surface area contributed by atoms with Crippen LogP contribution in [0.5, 0.6) is 0 Å². The number of allylic oxidation sites excluding steroid dienone is 6. The van der Waals surface area contributed by atoms with Crippen molar-refractivity contribution < 1.29 is 0 Å². The Kier molecular flexibility index (Phi) is 13.6. The summed E-state index contributed by atoms with van der Waals surface area (Å²) in [5.74, 6) is 2.24. The smallest absolute Gasteiger partial charge is 0.0168 e. The molecule has 0 aromatic carbocycles. The first-order chi connectivity index (χ1) is 11.8. The lowest BCUT2D eigenvalue weighted by molar-refractivity contribution is 0.545. The zero-order chi connectivity index (χ0) is 19.2. The summed E-state index contributed by atoms with van der Waals surface area (Å²) in [4.78, 5) is 0. The van der Waals surface area contributed by atoms with E-state index >= 15 is 0 Å². The van der Waals surface area contributed by atoms with Gasteiger partial charge in [-0.3, -0.25) is 0 Å². The average Bonchev–Trinajstić information content (AvgIpc) is 2.53. The van der Waals surface area contributed by atoms with E-state index in [1.165, 1.54) is 44.9 Å². The highest BCUT2D eigenvalue weighted by atomic mass is 14.2. The first-order valence-corrected chi connectivity index (χ1v) is 10.4. The van der Waals surface area contributed by atoms with Gasteiger partial charge in [-0.15, -0.1) is 0 Å². The standard InChI is InChI=1S/C25H44/c1-9-22(6)16-18-25(24(8)15-11-13-21(4)5)19-17-23(7)14-10-12-20(2)3/h9,15,17,20-21,25H,1,6,10-14,16,18-19H2,2-5,7-8H3. The number of rotatable bonds is 14. The van der Waals surface area contributed by atoms with E-state index in [-0.39, 0.29) is 0 Å². The summed E-state index contributed by atoms with van der Waals surface area (Å²) in [7, 11) is 0. The Labute approximate surface area is 159 Å². The molecule has 0 heterocycles. The van der Waals surface area contributed by atoms with E-state index in [0.29, 0.717) is 5.92 Å². The molecule has 0 saturated carbocycles. The van der Waals surface area contributed by atoms with Crippen LogP contribution in [0.15, 0.2) is 48.1 Å². The molecule has 0 heteroatoms. The minimum atomic E-state index is 0.643. The number of hydrogen-bond donors (Lipinski definition) is 0. The fourth-order valence-electron chi connectivity index (χ4n) is 3.04. The Morgan fingerprint density at radius 3 is 2.08 bits per heavy atom. The van der Waals surface area contributed by atoms with Crippen LogP contribution >= 0.6 is 0 Å². The van der Waals surface area contributed by atoms with E-state index in [1.807, 2.05) is 6.08 Å². The molecule has 0 N–H and O–H groups in total. The van der Waals surface area contributed by atoms with Crippen LogP contribution in [-0.2, 0) is 0 Å². The van der Waals surface area contributed by atoms with Gasteiger partial charge in [0.25, 0.3) is 0 Å². The second-order valence-electron chi connectivity index (χ2n) is 8.59. The van der Waals surface area contributed by atoms with E-state index in [4.69, 9.17) is 0 Å². The Bertz CT molecular complexity index is 431. The van der Waals surface area contributed by atoms with Crippen LogP contribution in [0, 0.1) is 17.8 Å².